The standard InChI is InChI=1S/C28H36ClN3O2/c1-34-27-10-9-24(29)18-26(27)22-7-8-23-19-30(12-11-21(23)17-22)20-28(33)32-15-13-31(14-16-32)25-5-3-2-4-6-25/h7-10,17-18,25H,2-6,11-16,19-20H2,1H3. The summed E-state index contributed by atoms with van der Waals surface area (Å²) in [5.41, 5.74) is 4.80. The second-order valence-electron chi connectivity index (χ2n) is 10.00. The van der Waals surface area contributed by atoms with Gasteiger partial charge in [0.15, 0.2) is 0 Å². The molecule has 0 aromatic heterocycles. The lowest BCUT2D eigenvalue weighted by Gasteiger charge is -2.41. The first kappa shape index (κ1) is 23.7. The Kier molecular flexibility index (Phi) is 7.43. The van der Waals surface area contributed by atoms with Crippen molar-refractivity contribution in [3.05, 3.63) is 52.5 Å². The maximum Gasteiger partial charge on any atom is 0.236 e. The average Bonchev–Trinajstić information content (AvgIpc) is 2.89. The van der Waals surface area contributed by atoms with Crippen LogP contribution in [0.15, 0.2) is 36.4 Å². The van der Waals surface area contributed by atoms with Crippen molar-refractivity contribution < 1.29 is 9.53 Å². The number of methoxy groups -OCH3 is 1. The van der Waals surface area contributed by atoms with Gasteiger partial charge in [0.1, 0.15) is 5.75 Å². The molecule has 0 unspecified atom stereocenters. The third kappa shape index (κ3) is 5.27. The van der Waals surface area contributed by atoms with Crippen LogP contribution >= 0.6 is 11.6 Å². The minimum Gasteiger partial charge on any atom is -0.496 e. The van der Waals surface area contributed by atoms with Gasteiger partial charge in [-0.1, -0.05) is 49.1 Å². The summed E-state index contributed by atoms with van der Waals surface area (Å²) in [5, 5.41) is 0.706. The summed E-state index contributed by atoms with van der Waals surface area (Å²) in [4.78, 5) is 20.1. The van der Waals surface area contributed by atoms with E-state index in [0.29, 0.717) is 11.6 Å². The van der Waals surface area contributed by atoms with Crippen LogP contribution in [-0.4, -0.2) is 73.0 Å². The highest BCUT2D eigenvalue weighted by Crippen LogP contribution is 2.34. The van der Waals surface area contributed by atoms with E-state index in [0.717, 1.165) is 68.6 Å². The van der Waals surface area contributed by atoms with Gasteiger partial charge in [-0.25, -0.2) is 0 Å². The molecule has 3 aliphatic rings. The zero-order valence-corrected chi connectivity index (χ0v) is 21.0. The molecule has 0 N–H and O–H groups in total. The molecule has 2 aromatic carbocycles. The van der Waals surface area contributed by atoms with Crippen molar-refractivity contribution in [1.82, 2.24) is 14.7 Å². The molecular formula is C28H36ClN3O2. The summed E-state index contributed by atoms with van der Waals surface area (Å²) in [6, 6.07) is 13.1. The number of fused-ring (bicyclic) bond motifs is 1. The molecule has 0 bridgehead atoms. The Morgan fingerprint density at radius 1 is 0.971 bits per heavy atom. The summed E-state index contributed by atoms with van der Waals surface area (Å²) >= 11 is 6.25. The van der Waals surface area contributed by atoms with Crippen LogP contribution in [0.2, 0.25) is 5.02 Å². The van der Waals surface area contributed by atoms with Gasteiger partial charge in [-0.3, -0.25) is 14.6 Å². The molecule has 5 nitrogen and oxygen atoms in total. The number of hydrogen-bond acceptors (Lipinski definition) is 4. The van der Waals surface area contributed by atoms with Gasteiger partial charge >= 0.3 is 0 Å². The van der Waals surface area contributed by atoms with E-state index in [1.165, 1.54) is 43.2 Å². The van der Waals surface area contributed by atoms with Gasteiger partial charge in [0.25, 0.3) is 0 Å². The van der Waals surface area contributed by atoms with E-state index in [-0.39, 0.29) is 5.91 Å². The fraction of sp³-hybridized carbons (Fsp3) is 0.536. The largest absolute Gasteiger partial charge is 0.496 e. The van der Waals surface area contributed by atoms with Crippen molar-refractivity contribution in [3.8, 4) is 16.9 Å². The first-order valence-electron chi connectivity index (χ1n) is 12.8. The number of halogens is 1. The first-order chi connectivity index (χ1) is 16.6. The molecule has 2 heterocycles. The molecule has 0 spiro atoms. The summed E-state index contributed by atoms with van der Waals surface area (Å²) in [5.74, 6) is 1.11. The number of ether oxygens (including phenoxy) is 1. The van der Waals surface area contributed by atoms with Crippen LogP contribution in [0.1, 0.15) is 43.2 Å². The minimum atomic E-state index is 0.284. The number of carbonyl (C=O) groups excluding carboxylic acids is 1. The molecule has 1 amide bonds. The molecule has 0 radical (unpaired) electrons. The molecule has 1 saturated heterocycles. The Morgan fingerprint density at radius 3 is 2.53 bits per heavy atom. The van der Waals surface area contributed by atoms with E-state index >= 15 is 0 Å². The molecule has 2 aliphatic heterocycles. The summed E-state index contributed by atoms with van der Waals surface area (Å²) in [6.45, 7) is 6.10. The molecule has 0 atom stereocenters. The monoisotopic (exact) mass is 481 g/mol. The lowest BCUT2D eigenvalue weighted by Crippen LogP contribution is -2.54. The van der Waals surface area contributed by atoms with Crippen LogP contribution in [0.5, 0.6) is 5.75 Å². The smallest absolute Gasteiger partial charge is 0.236 e. The van der Waals surface area contributed by atoms with E-state index in [4.69, 9.17) is 16.3 Å². The summed E-state index contributed by atoms with van der Waals surface area (Å²) in [6.07, 6.45) is 7.77. The van der Waals surface area contributed by atoms with Gasteiger partial charge in [-0.05, 0) is 54.2 Å². The van der Waals surface area contributed by atoms with Crippen molar-refractivity contribution >= 4 is 17.5 Å². The number of rotatable bonds is 5. The van der Waals surface area contributed by atoms with Crippen molar-refractivity contribution in [2.75, 3.05) is 46.4 Å². The number of hydrogen-bond donors (Lipinski definition) is 0. The Hall–Kier alpha value is -2.08. The van der Waals surface area contributed by atoms with Crippen molar-refractivity contribution in [2.24, 2.45) is 0 Å². The zero-order valence-electron chi connectivity index (χ0n) is 20.3. The highest BCUT2D eigenvalue weighted by atomic mass is 35.5. The van der Waals surface area contributed by atoms with Crippen LogP contribution in [0.3, 0.4) is 0 Å². The molecule has 5 rings (SSSR count). The molecule has 2 aromatic rings. The number of amides is 1. The fourth-order valence-electron chi connectivity index (χ4n) is 5.89. The lowest BCUT2D eigenvalue weighted by molar-refractivity contribution is -0.134. The van der Waals surface area contributed by atoms with E-state index < -0.39 is 0 Å². The third-order valence-corrected chi connectivity index (χ3v) is 8.12. The Labute approximate surface area is 208 Å². The number of benzene rings is 2. The van der Waals surface area contributed by atoms with Crippen LogP contribution in [-0.2, 0) is 17.8 Å². The number of nitrogens with zero attached hydrogens (tertiary/aromatic N) is 3. The minimum absolute atomic E-state index is 0.284. The van der Waals surface area contributed by atoms with Gasteiger partial charge in [0, 0.05) is 55.9 Å². The second-order valence-corrected chi connectivity index (χ2v) is 10.4. The molecule has 182 valence electrons. The number of piperazine rings is 1. The third-order valence-electron chi connectivity index (χ3n) is 7.89. The van der Waals surface area contributed by atoms with E-state index in [9.17, 15) is 4.79 Å². The van der Waals surface area contributed by atoms with Crippen LogP contribution < -0.4 is 4.74 Å². The van der Waals surface area contributed by atoms with Crippen LogP contribution in [0.4, 0.5) is 0 Å². The van der Waals surface area contributed by atoms with E-state index in [1.54, 1.807) is 7.11 Å². The van der Waals surface area contributed by atoms with Gasteiger partial charge in [0.2, 0.25) is 5.91 Å². The van der Waals surface area contributed by atoms with Crippen molar-refractivity contribution in [1.29, 1.82) is 0 Å². The van der Waals surface area contributed by atoms with Crippen molar-refractivity contribution in [3.63, 3.8) is 0 Å². The van der Waals surface area contributed by atoms with Crippen LogP contribution in [0, 0.1) is 0 Å². The molecule has 1 saturated carbocycles. The van der Waals surface area contributed by atoms with Gasteiger partial charge in [-0.15, -0.1) is 0 Å². The quantitative estimate of drug-likeness (QED) is 0.611. The van der Waals surface area contributed by atoms with Gasteiger partial charge in [-0.2, -0.15) is 0 Å². The molecule has 34 heavy (non-hydrogen) atoms. The molecule has 6 heteroatoms. The number of carbonyl (C=O) groups is 1. The first-order valence-corrected chi connectivity index (χ1v) is 13.2. The van der Waals surface area contributed by atoms with E-state index in [1.807, 2.05) is 18.2 Å². The Bertz CT molecular complexity index is 1010. The van der Waals surface area contributed by atoms with Crippen molar-refractivity contribution in [2.45, 2.75) is 51.1 Å². The maximum atomic E-state index is 13.0. The topological polar surface area (TPSA) is 36.0 Å². The molecular weight excluding hydrogens is 446 g/mol. The van der Waals surface area contributed by atoms with Crippen LogP contribution in [0.25, 0.3) is 11.1 Å². The SMILES string of the molecule is COc1ccc(Cl)cc1-c1ccc2c(c1)CCN(CC(=O)N1CCN(C3CCCCC3)CC1)C2. The van der Waals surface area contributed by atoms with Gasteiger partial charge < -0.3 is 9.64 Å². The Balaban J connectivity index is 1.17. The predicted molar refractivity (Wildman–Crippen MR) is 137 cm³/mol. The molecule has 1 aliphatic carbocycles. The average molecular weight is 482 g/mol. The summed E-state index contributed by atoms with van der Waals surface area (Å²) < 4.78 is 5.55. The second kappa shape index (κ2) is 10.7. The fourth-order valence-corrected chi connectivity index (χ4v) is 6.07. The zero-order chi connectivity index (χ0) is 23.5. The van der Waals surface area contributed by atoms with Gasteiger partial charge in [0.05, 0.1) is 13.7 Å². The lowest BCUT2D eigenvalue weighted by atomic mass is 9.93. The highest BCUT2D eigenvalue weighted by molar-refractivity contribution is 6.31. The molecule has 2 fully saturated rings. The Morgan fingerprint density at radius 2 is 1.76 bits per heavy atom. The predicted octanol–water partition coefficient (Wildman–Crippen LogP) is 4.85. The van der Waals surface area contributed by atoms with E-state index in [2.05, 4.69) is 32.9 Å². The summed E-state index contributed by atoms with van der Waals surface area (Å²) in [7, 11) is 1.69. The normalized spacial score (nSPS) is 20.2. The highest BCUT2D eigenvalue weighted by Gasteiger charge is 2.28. The maximum absolute atomic E-state index is 13.0.